The van der Waals surface area contributed by atoms with E-state index in [1.165, 1.54) is 0 Å². The summed E-state index contributed by atoms with van der Waals surface area (Å²) < 4.78 is 17.7. The van der Waals surface area contributed by atoms with Gasteiger partial charge in [-0.2, -0.15) is 0 Å². The summed E-state index contributed by atoms with van der Waals surface area (Å²) in [6.45, 7) is 0.838. The van der Waals surface area contributed by atoms with Gasteiger partial charge in [-0.25, -0.2) is 4.79 Å². The minimum absolute atomic E-state index is 0.0610. The Kier molecular flexibility index (Phi) is 4.62. The number of likely N-dealkylation sites (tertiary alicyclic amines) is 1. The Morgan fingerprint density at radius 3 is 2.73 bits per heavy atom. The Labute approximate surface area is 189 Å². The number of ether oxygens (including phenoxy) is 3. The molecule has 33 heavy (non-hydrogen) atoms. The number of aliphatic carboxylic acids is 1. The van der Waals surface area contributed by atoms with Crippen molar-refractivity contribution in [2.24, 2.45) is 5.92 Å². The van der Waals surface area contributed by atoms with Crippen LogP contribution in [0.2, 0.25) is 0 Å². The normalized spacial score (nSPS) is 45.4. The molecular weight excluding hydrogens is 434 g/mol. The summed E-state index contributed by atoms with van der Waals surface area (Å²) >= 11 is 0. The first-order valence-electron chi connectivity index (χ1n) is 11.2. The third-order valence-corrected chi connectivity index (χ3v) is 8.23. The average Bonchev–Trinajstić information content (AvgIpc) is 3.14. The van der Waals surface area contributed by atoms with Gasteiger partial charge in [0.05, 0.1) is 0 Å². The van der Waals surface area contributed by atoms with E-state index in [4.69, 9.17) is 14.2 Å². The van der Waals surface area contributed by atoms with Gasteiger partial charge in [0.2, 0.25) is 0 Å². The quantitative estimate of drug-likeness (QED) is 0.359. The van der Waals surface area contributed by atoms with Gasteiger partial charge in [0.1, 0.15) is 30.5 Å². The van der Waals surface area contributed by atoms with Gasteiger partial charge in [-0.1, -0.05) is 18.2 Å². The van der Waals surface area contributed by atoms with Crippen LogP contribution in [0, 0.1) is 5.92 Å². The lowest BCUT2D eigenvalue weighted by Crippen LogP contribution is -2.66. The van der Waals surface area contributed by atoms with Crippen LogP contribution in [-0.2, 0) is 26.1 Å². The van der Waals surface area contributed by atoms with Crippen LogP contribution in [0.3, 0.4) is 0 Å². The maximum Gasteiger partial charge on any atom is 0.335 e. The molecule has 2 fully saturated rings. The van der Waals surface area contributed by atoms with E-state index in [2.05, 4.69) is 18.0 Å². The zero-order chi connectivity index (χ0) is 23.2. The maximum atomic E-state index is 11.5. The van der Waals surface area contributed by atoms with Crippen LogP contribution in [0.15, 0.2) is 24.3 Å². The number of aliphatic hydroxyl groups is 3. The number of carbonyl (C=O) groups is 1. The van der Waals surface area contributed by atoms with Crippen LogP contribution in [0.1, 0.15) is 17.5 Å². The van der Waals surface area contributed by atoms with Crippen LogP contribution < -0.4 is 4.74 Å². The molecule has 1 aromatic carbocycles. The fourth-order valence-electron chi connectivity index (χ4n) is 6.66. The third kappa shape index (κ3) is 2.73. The van der Waals surface area contributed by atoms with E-state index in [1.807, 2.05) is 12.1 Å². The first-order chi connectivity index (χ1) is 15.7. The number of carboxylic acids is 1. The molecular formula is C23H27NO9. The number of aromatic hydroxyl groups is 1. The minimum atomic E-state index is -1.79. The van der Waals surface area contributed by atoms with E-state index < -0.39 is 54.3 Å². The minimum Gasteiger partial charge on any atom is -0.504 e. The fourth-order valence-corrected chi connectivity index (χ4v) is 6.66. The fraction of sp³-hybridized carbons (Fsp3) is 0.609. The SMILES string of the molecule is CN1CCC23c4c5ccc(O)c4OC2C(OC2OC(C(=O)O)[C@@H](O)C(O)[C@H]2O)C=CC3C1C5. The summed E-state index contributed by atoms with van der Waals surface area (Å²) in [7, 11) is 2.11. The van der Waals surface area contributed by atoms with Crippen molar-refractivity contribution in [2.75, 3.05) is 13.6 Å². The summed E-state index contributed by atoms with van der Waals surface area (Å²) in [4.78, 5) is 13.8. The third-order valence-electron chi connectivity index (χ3n) is 8.23. The molecule has 178 valence electrons. The van der Waals surface area contributed by atoms with Crippen LogP contribution in [0.5, 0.6) is 11.5 Å². The number of phenols is 1. The monoisotopic (exact) mass is 461 g/mol. The number of piperidine rings is 1. The highest BCUT2D eigenvalue weighted by Gasteiger charge is 2.65. The van der Waals surface area contributed by atoms with Gasteiger partial charge in [-0.15, -0.1) is 0 Å². The molecule has 5 aliphatic rings. The zero-order valence-corrected chi connectivity index (χ0v) is 17.9. The number of benzene rings is 1. The molecule has 2 bridgehead atoms. The highest BCUT2D eigenvalue weighted by molar-refractivity contribution is 5.73. The molecule has 5 N–H and O–H groups in total. The molecule has 2 saturated heterocycles. The molecule has 10 heteroatoms. The summed E-state index contributed by atoms with van der Waals surface area (Å²) in [5.74, 6) is -0.824. The number of phenolic OH excluding ortho intramolecular Hbond substituents is 1. The Bertz CT molecular complexity index is 1030. The van der Waals surface area contributed by atoms with Crippen LogP contribution in [0.25, 0.3) is 0 Å². The lowest BCUT2D eigenvalue weighted by Gasteiger charge is -2.57. The second kappa shape index (κ2) is 7.14. The summed E-state index contributed by atoms with van der Waals surface area (Å²) in [6, 6.07) is 3.85. The zero-order valence-electron chi connectivity index (χ0n) is 17.9. The van der Waals surface area contributed by atoms with E-state index in [9.17, 15) is 30.3 Å². The average molecular weight is 461 g/mol. The molecule has 0 radical (unpaired) electrons. The van der Waals surface area contributed by atoms with Crippen molar-refractivity contribution >= 4 is 5.97 Å². The van der Waals surface area contributed by atoms with E-state index in [0.29, 0.717) is 5.75 Å². The van der Waals surface area contributed by atoms with E-state index in [1.54, 1.807) is 6.07 Å². The molecule has 2 aliphatic carbocycles. The van der Waals surface area contributed by atoms with Gasteiger partial charge in [0.15, 0.2) is 23.9 Å². The van der Waals surface area contributed by atoms with Crippen molar-refractivity contribution < 1.29 is 44.5 Å². The molecule has 1 spiro atoms. The molecule has 3 aliphatic heterocycles. The van der Waals surface area contributed by atoms with Crippen LogP contribution in [-0.4, -0.2) is 98.9 Å². The second-order valence-corrected chi connectivity index (χ2v) is 9.78. The van der Waals surface area contributed by atoms with Crippen LogP contribution >= 0.6 is 0 Å². The molecule has 3 heterocycles. The predicted molar refractivity (Wildman–Crippen MR) is 111 cm³/mol. The van der Waals surface area contributed by atoms with Crippen molar-refractivity contribution in [3.8, 4) is 11.5 Å². The van der Waals surface area contributed by atoms with Gasteiger partial charge in [0, 0.05) is 22.9 Å². The lowest BCUT2D eigenvalue weighted by molar-refractivity contribution is -0.307. The number of hydrogen-bond donors (Lipinski definition) is 5. The number of carboxylic acid groups (broad SMARTS) is 1. The number of likely N-dealkylation sites (N-methyl/N-ethyl adjacent to an activating group) is 1. The number of hydrogen-bond acceptors (Lipinski definition) is 9. The number of nitrogens with zero attached hydrogens (tertiary/aromatic N) is 1. The molecule has 0 aromatic heterocycles. The molecule has 6 rings (SSSR count). The predicted octanol–water partition coefficient (Wildman–Crippen LogP) is -0.885. The van der Waals surface area contributed by atoms with Crippen molar-refractivity contribution in [2.45, 2.75) is 67.2 Å². The molecule has 1 aromatic rings. The van der Waals surface area contributed by atoms with E-state index >= 15 is 0 Å². The highest BCUT2D eigenvalue weighted by Crippen LogP contribution is 2.62. The standard InChI is InChI=1S/C23H27NO9/c1-24-7-6-23-10-3-5-13(31-22-17(28)15(26)16(27)19(33-22)21(29)30)20(23)32-18-12(25)4-2-9(14(18)23)8-11(10)24/h2-5,10-11,13,15-17,19-20,22,25-28H,6-8H2,1H3,(H,29,30)/t10?,11?,13?,15?,16-,17+,19?,20?,22?,23?/m0/s1. The van der Waals surface area contributed by atoms with Crippen molar-refractivity contribution in [3.63, 3.8) is 0 Å². The smallest absolute Gasteiger partial charge is 0.335 e. The number of aliphatic hydroxyl groups excluding tert-OH is 3. The Balaban J connectivity index is 1.38. The van der Waals surface area contributed by atoms with Crippen molar-refractivity contribution in [1.29, 1.82) is 0 Å². The summed E-state index contributed by atoms with van der Waals surface area (Å²) in [5, 5.41) is 50.5. The second-order valence-electron chi connectivity index (χ2n) is 9.78. The van der Waals surface area contributed by atoms with Gasteiger partial charge < -0.3 is 44.6 Å². The Hall–Kier alpha value is -2.21. The van der Waals surface area contributed by atoms with Gasteiger partial charge in [-0.05, 0) is 38.1 Å². The molecule has 10 atom stereocenters. The van der Waals surface area contributed by atoms with E-state index in [0.717, 1.165) is 30.5 Å². The topological polar surface area (TPSA) is 149 Å². The summed E-state index contributed by atoms with van der Waals surface area (Å²) in [6.07, 6.45) is -4.16. The first-order valence-corrected chi connectivity index (χ1v) is 11.2. The van der Waals surface area contributed by atoms with Gasteiger partial charge in [0.25, 0.3) is 0 Å². The van der Waals surface area contributed by atoms with Crippen LogP contribution in [0.4, 0.5) is 0 Å². The lowest BCUT2D eigenvalue weighted by atomic mass is 9.53. The van der Waals surface area contributed by atoms with E-state index in [-0.39, 0.29) is 17.7 Å². The molecule has 8 unspecified atom stereocenters. The van der Waals surface area contributed by atoms with Crippen molar-refractivity contribution in [1.82, 2.24) is 4.90 Å². The first kappa shape index (κ1) is 21.3. The highest BCUT2D eigenvalue weighted by atomic mass is 16.7. The Morgan fingerprint density at radius 1 is 1.18 bits per heavy atom. The largest absolute Gasteiger partial charge is 0.504 e. The van der Waals surface area contributed by atoms with Gasteiger partial charge >= 0.3 is 5.97 Å². The summed E-state index contributed by atoms with van der Waals surface area (Å²) in [5.41, 5.74) is 1.69. The molecule has 0 amide bonds. The molecule has 0 saturated carbocycles. The molecule has 10 nitrogen and oxygen atoms in total. The van der Waals surface area contributed by atoms with Crippen molar-refractivity contribution in [3.05, 3.63) is 35.4 Å². The van der Waals surface area contributed by atoms with Gasteiger partial charge in [-0.3, -0.25) is 0 Å². The number of rotatable bonds is 3. The Morgan fingerprint density at radius 2 is 1.97 bits per heavy atom. The maximum absolute atomic E-state index is 11.5.